The molecule has 0 saturated heterocycles. The lowest BCUT2D eigenvalue weighted by molar-refractivity contribution is -1.08. The SMILES string of the molecule is C[N+](C)(O)Cc1cccc(-c2cccc(C[N+](C)(C)O)n2)n1. The van der Waals surface area contributed by atoms with E-state index in [4.69, 9.17) is 0 Å². The van der Waals surface area contributed by atoms with E-state index in [1.54, 1.807) is 28.2 Å². The molecular formula is C16H24N4O2+2. The monoisotopic (exact) mass is 304 g/mol. The van der Waals surface area contributed by atoms with E-state index in [-0.39, 0.29) is 9.29 Å². The van der Waals surface area contributed by atoms with Crippen molar-refractivity contribution in [3.8, 4) is 11.4 Å². The summed E-state index contributed by atoms with van der Waals surface area (Å²) in [7, 11) is 6.81. The van der Waals surface area contributed by atoms with Crippen molar-refractivity contribution >= 4 is 0 Å². The molecule has 0 atom stereocenters. The molecule has 0 spiro atoms. The molecule has 0 radical (unpaired) electrons. The summed E-state index contributed by atoms with van der Waals surface area (Å²) in [5, 5.41) is 19.7. The number of rotatable bonds is 5. The van der Waals surface area contributed by atoms with E-state index in [2.05, 4.69) is 9.97 Å². The fourth-order valence-electron chi connectivity index (χ4n) is 2.21. The second-order valence-electron chi connectivity index (χ2n) is 6.59. The molecule has 0 aliphatic carbocycles. The lowest BCUT2D eigenvalue weighted by Crippen LogP contribution is -2.34. The zero-order chi connectivity index (χ0) is 16.4. The van der Waals surface area contributed by atoms with Gasteiger partial charge in [-0.3, -0.25) is 0 Å². The van der Waals surface area contributed by atoms with Crippen molar-refractivity contribution in [3.63, 3.8) is 0 Å². The highest BCUT2D eigenvalue weighted by atomic mass is 16.5. The first-order chi connectivity index (χ1) is 10.1. The topological polar surface area (TPSA) is 66.2 Å². The quantitative estimate of drug-likeness (QED) is 0.655. The average Bonchev–Trinajstić information content (AvgIpc) is 2.35. The highest BCUT2D eigenvalue weighted by Gasteiger charge is 2.16. The van der Waals surface area contributed by atoms with Crippen LogP contribution in [0.4, 0.5) is 0 Å². The van der Waals surface area contributed by atoms with Crippen molar-refractivity contribution in [3.05, 3.63) is 47.8 Å². The van der Waals surface area contributed by atoms with E-state index in [0.717, 1.165) is 22.8 Å². The summed E-state index contributed by atoms with van der Waals surface area (Å²) in [4.78, 5) is 9.12. The van der Waals surface area contributed by atoms with Crippen LogP contribution in [0.1, 0.15) is 11.4 Å². The van der Waals surface area contributed by atoms with E-state index >= 15 is 0 Å². The van der Waals surface area contributed by atoms with E-state index in [0.29, 0.717) is 13.1 Å². The molecular weight excluding hydrogens is 280 g/mol. The Bertz CT molecular complexity index is 588. The van der Waals surface area contributed by atoms with Crippen molar-refractivity contribution in [2.45, 2.75) is 13.1 Å². The molecule has 2 N–H and O–H groups in total. The van der Waals surface area contributed by atoms with Crippen LogP contribution in [0.2, 0.25) is 0 Å². The molecule has 0 fully saturated rings. The van der Waals surface area contributed by atoms with Gasteiger partial charge in [-0.1, -0.05) is 12.1 Å². The Labute approximate surface area is 131 Å². The van der Waals surface area contributed by atoms with Crippen LogP contribution in [0.25, 0.3) is 11.4 Å². The molecule has 0 aliphatic heterocycles. The number of quaternary nitrogens is 2. The second-order valence-corrected chi connectivity index (χ2v) is 6.59. The molecule has 2 heterocycles. The summed E-state index contributed by atoms with van der Waals surface area (Å²) in [5.74, 6) is 0. The minimum atomic E-state index is -0.167. The number of aromatic nitrogens is 2. The lowest BCUT2D eigenvalue weighted by Gasteiger charge is -2.19. The molecule has 0 amide bonds. The lowest BCUT2D eigenvalue weighted by atomic mass is 10.2. The van der Waals surface area contributed by atoms with Crippen molar-refractivity contribution in [2.75, 3.05) is 28.2 Å². The normalized spacial score (nSPS) is 12.5. The molecule has 2 aromatic rings. The fraction of sp³-hybridized carbons (Fsp3) is 0.375. The standard InChI is InChI=1S/C16H24N4O2/c1-19(2,21)11-13-7-5-9-15(17-13)16-10-6-8-14(18-16)12-20(3,4)22/h5-10,21-22H,11-12H2,1-4H3/q+2. The van der Waals surface area contributed by atoms with Crippen LogP contribution in [0, 0.1) is 0 Å². The third-order valence-electron chi connectivity index (χ3n) is 2.97. The summed E-state index contributed by atoms with van der Waals surface area (Å²) in [5.41, 5.74) is 3.12. The van der Waals surface area contributed by atoms with Crippen LogP contribution in [0.15, 0.2) is 36.4 Å². The van der Waals surface area contributed by atoms with E-state index < -0.39 is 0 Å². The Kier molecular flexibility index (Phi) is 4.58. The van der Waals surface area contributed by atoms with Crippen molar-refractivity contribution < 1.29 is 19.7 Å². The largest absolute Gasteiger partial charge is 0.245 e. The number of hydrogen-bond donors (Lipinski definition) is 2. The highest BCUT2D eigenvalue weighted by Crippen LogP contribution is 2.17. The minimum Gasteiger partial charge on any atom is -0.245 e. The smallest absolute Gasteiger partial charge is 0.151 e. The number of hydrogen-bond acceptors (Lipinski definition) is 4. The summed E-state index contributed by atoms with van der Waals surface area (Å²) in [6.07, 6.45) is 0. The maximum absolute atomic E-state index is 9.86. The van der Waals surface area contributed by atoms with E-state index in [9.17, 15) is 10.4 Å². The van der Waals surface area contributed by atoms with Crippen LogP contribution in [-0.4, -0.2) is 57.9 Å². The van der Waals surface area contributed by atoms with Gasteiger partial charge in [0.2, 0.25) is 0 Å². The first-order valence-corrected chi connectivity index (χ1v) is 7.16. The number of hydroxylamine groups is 6. The highest BCUT2D eigenvalue weighted by molar-refractivity contribution is 5.54. The Morgan fingerprint density at radius 1 is 0.727 bits per heavy atom. The minimum absolute atomic E-state index is 0.167. The number of pyridine rings is 2. The molecule has 2 rings (SSSR count). The van der Waals surface area contributed by atoms with Gasteiger partial charge in [0.25, 0.3) is 0 Å². The first kappa shape index (κ1) is 16.5. The van der Waals surface area contributed by atoms with Crippen molar-refractivity contribution in [2.24, 2.45) is 0 Å². The fourth-order valence-corrected chi connectivity index (χ4v) is 2.21. The Morgan fingerprint density at radius 2 is 1.09 bits per heavy atom. The van der Waals surface area contributed by atoms with Crippen LogP contribution in [0.3, 0.4) is 0 Å². The van der Waals surface area contributed by atoms with Gasteiger partial charge in [-0.05, 0) is 24.3 Å². The van der Waals surface area contributed by atoms with E-state index in [1.165, 1.54) is 0 Å². The van der Waals surface area contributed by atoms with Gasteiger partial charge in [-0.2, -0.15) is 9.29 Å². The molecule has 0 aliphatic rings. The van der Waals surface area contributed by atoms with Crippen LogP contribution >= 0.6 is 0 Å². The third-order valence-corrected chi connectivity index (χ3v) is 2.97. The van der Waals surface area contributed by atoms with Gasteiger partial charge in [0.1, 0.15) is 0 Å². The molecule has 0 aromatic carbocycles. The second kappa shape index (κ2) is 6.10. The predicted molar refractivity (Wildman–Crippen MR) is 82.7 cm³/mol. The Morgan fingerprint density at radius 3 is 1.41 bits per heavy atom. The van der Waals surface area contributed by atoms with Crippen molar-refractivity contribution in [1.82, 2.24) is 9.97 Å². The maximum atomic E-state index is 9.86. The number of nitrogens with zero attached hydrogens (tertiary/aromatic N) is 4. The zero-order valence-electron chi connectivity index (χ0n) is 13.6. The van der Waals surface area contributed by atoms with Gasteiger partial charge in [-0.25, -0.2) is 20.4 Å². The zero-order valence-corrected chi connectivity index (χ0v) is 13.6. The maximum Gasteiger partial charge on any atom is 0.151 e. The van der Waals surface area contributed by atoms with Gasteiger partial charge in [-0.15, -0.1) is 0 Å². The average molecular weight is 304 g/mol. The molecule has 0 bridgehead atoms. The predicted octanol–water partition coefficient (Wildman–Crippen LogP) is 2.07. The Hall–Kier alpha value is -1.86. The van der Waals surface area contributed by atoms with Gasteiger partial charge in [0.15, 0.2) is 13.1 Å². The van der Waals surface area contributed by atoms with Crippen LogP contribution in [0.5, 0.6) is 0 Å². The summed E-state index contributed by atoms with van der Waals surface area (Å²) >= 11 is 0. The van der Waals surface area contributed by atoms with Gasteiger partial charge in [0.05, 0.1) is 51.0 Å². The molecule has 6 nitrogen and oxygen atoms in total. The molecule has 0 saturated carbocycles. The van der Waals surface area contributed by atoms with E-state index in [1.807, 2.05) is 36.4 Å². The van der Waals surface area contributed by atoms with Crippen LogP contribution < -0.4 is 0 Å². The van der Waals surface area contributed by atoms with Crippen molar-refractivity contribution in [1.29, 1.82) is 0 Å². The van der Waals surface area contributed by atoms with Crippen LogP contribution in [-0.2, 0) is 13.1 Å². The van der Waals surface area contributed by atoms with Gasteiger partial charge in [0, 0.05) is 0 Å². The van der Waals surface area contributed by atoms with Gasteiger partial charge >= 0.3 is 0 Å². The summed E-state index contributed by atoms with van der Waals surface area (Å²) in [6.45, 7) is 0.849. The van der Waals surface area contributed by atoms with Gasteiger partial charge < -0.3 is 0 Å². The molecule has 2 aromatic heterocycles. The summed E-state index contributed by atoms with van der Waals surface area (Å²) < 4.78 is -0.333. The molecule has 0 unspecified atom stereocenters. The molecule has 22 heavy (non-hydrogen) atoms. The first-order valence-electron chi connectivity index (χ1n) is 7.16. The Balaban J connectivity index is 2.28. The molecule has 118 valence electrons. The third kappa shape index (κ3) is 5.16. The summed E-state index contributed by atoms with van der Waals surface area (Å²) in [6, 6.07) is 11.4. The molecule has 6 heteroatoms.